The molecule has 244 valence electrons. The van der Waals surface area contributed by atoms with Gasteiger partial charge >= 0.3 is 5.97 Å². The highest BCUT2D eigenvalue weighted by molar-refractivity contribution is 5.93. The van der Waals surface area contributed by atoms with E-state index in [9.17, 15) is 24.9 Å². The zero-order chi connectivity index (χ0) is 32.5. The number of carbonyl (C=O) groups excluding carboxylic acids is 1. The number of aliphatic hydroxyl groups is 1. The Morgan fingerprint density at radius 1 is 1.09 bits per heavy atom. The first-order chi connectivity index (χ1) is 20.0. The average Bonchev–Trinajstić information content (AvgIpc) is 3.24. The van der Waals surface area contributed by atoms with E-state index in [2.05, 4.69) is 41.5 Å². The Balaban J connectivity index is 1.75. The summed E-state index contributed by atoms with van der Waals surface area (Å²) in [5.41, 5.74) is -0.0122. The van der Waals surface area contributed by atoms with E-state index in [0.717, 1.165) is 32.1 Å². The summed E-state index contributed by atoms with van der Waals surface area (Å²) >= 11 is 0. The summed E-state index contributed by atoms with van der Waals surface area (Å²) < 4.78 is 13.8. The number of aromatic carboxylic acids is 1. The molecule has 2 aliphatic heterocycles. The lowest BCUT2D eigenvalue weighted by Gasteiger charge is -2.49. The second-order valence-corrected chi connectivity index (χ2v) is 14.4. The van der Waals surface area contributed by atoms with Crippen molar-refractivity contribution in [2.75, 3.05) is 0 Å². The third kappa shape index (κ3) is 6.69. The van der Waals surface area contributed by atoms with Gasteiger partial charge in [-0.05, 0) is 101 Å². The van der Waals surface area contributed by atoms with E-state index in [1.165, 1.54) is 0 Å². The van der Waals surface area contributed by atoms with E-state index in [4.69, 9.17) is 9.47 Å². The van der Waals surface area contributed by atoms with Gasteiger partial charge in [0, 0.05) is 11.8 Å². The van der Waals surface area contributed by atoms with Crippen molar-refractivity contribution < 1.29 is 34.4 Å². The maximum atomic E-state index is 14.1. The second-order valence-electron chi connectivity index (χ2n) is 14.4. The lowest BCUT2D eigenvalue weighted by molar-refractivity contribution is -0.227. The van der Waals surface area contributed by atoms with E-state index in [1.807, 2.05) is 13.8 Å². The van der Waals surface area contributed by atoms with Crippen LogP contribution < -0.4 is 0 Å². The molecular formula is C36H58O7. The molecule has 0 radical (unpaired) electrons. The normalized spacial score (nSPS) is 34.0. The molecule has 3 N–H and O–H groups in total. The van der Waals surface area contributed by atoms with Crippen LogP contribution in [0.5, 0.6) is 5.75 Å². The average molecular weight is 603 g/mol. The Bertz CT molecular complexity index is 1150. The smallest absolute Gasteiger partial charge is 0.339 e. The van der Waals surface area contributed by atoms with Gasteiger partial charge in [0.1, 0.15) is 17.1 Å². The number of rotatable bonds is 13. The quantitative estimate of drug-likeness (QED) is 0.214. The molecule has 0 spiro atoms. The molecule has 3 rings (SSSR count). The number of hydrogen-bond donors (Lipinski definition) is 3. The lowest BCUT2D eigenvalue weighted by atomic mass is 9.70. The van der Waals surface area contributed by atoms with Gasteiger partial charge in [-0.2, -0.15) is 0 Å². The lowest BCUT2D eigenvalue weighted by Crippen LogP contribution is -2.54. The van der Waals surface area contributed by atoms with Gasteiger partial charge in [0.2, 0.25) is 0 Å². The van der Waals surface area contributed by atoms with Gasteiger partial charge in [0.25, 0.3) is 0 Å². The summed E-state index contributed by atoms with van der Waals surface area (Å²) in [4.78, 5) is 25.9. The van der Waals surface area contributed by atoms with Crippen molar-refractivity contribution in [3.05, 3.63) is 28.8 Å². The fraction of sp³-hybridized carbons (Fsp3) is 0.778. The Kier molecular flexibility index (Phi) is 11.2. The number of carboxylic acids is 1. The fourth-order valence-corrected chi connectivity index (χ4v) is 7.96. The van der Waals surface area contributed by atoms with E-state index in [1.54, 1.807) is 26.0 Å². The SMILES string of the molecule is CC[C@@H](C(=O)[C@@H](C)[C@@H](O)[C@H](C)CCc1ccc(C)c(O)c1C(=O)O)[C@@]1(C)O[C@](CC)([C@H]2CCC(C)(CC)[C@@H](C)O2)C[C@@H]1C. The van der Waals surface area contributed by atoms with Crippen LogP contribution in [0, 0.1) is 36.0 Å². The number of hydrogen-bond acceptors (Lipinski definition) is 6. The van der Waals surface area contributed by atoms with Crippen molar-refractivity contribution in [1.82, 2.24) is 0 Å². The second kappa shape index (κ2) is 13.6. The highest BCUT2D eigenvalue weighted by atomic mass is 16.6. The maximum absolute atomic E-state index is 14.1. The minimum atomic E-state index is -1.17. The van der Waals surface area contributed by atoms with Crippen LogP contribution in [0.25, 0.3) is 0 Å². The topological polar surface area (TPSA) is 113 Å². The van der Waals surface area contributed by atoms with Gasteiger partial charge in [-0.3, -0.25) is 4.79 Å². The Morgan fingerprint density at radius 3 is 2.28 bits per heavy atom. The predicted molar refractivity (Wildman–Crippen MR) is 170 cm³/mol. The van der Waals surface area contributed by atoms with Crippen molar-refractivity contribution in [1.29, 1.82) is 0 Å². The molecule has 1 unspecified atom stereocenters. The van der Waals surface area contributed by atoms with Gasteiger partial charge in [0.05, 0.1) is 29.5 Å². The molecule has 0 amide bonds. The van der Waals surface area contributed by atoms with Gasteiger partial charge < -0.3 is 24.8 Å². The number of carboxylic acid groups (broad SMARTS) is 1. The number of benzene rings is 1. The minimum Gasteiger partial charge on any atom is -0.507 e. The third-order valence-electron chi connectivity index (χ3n) is 11.9. The van der Waals surface area contributed by atoms with Crippen molar-refractivity contribution >= 4 is 11.8 Å². The summed E-state index contributed by atoms with van der Waals surface area (Å²) in [7, 11) is 0. The molecule has 0 aromatic heterocycles. The van der Waals surface area contributed by atoms with E-state index >= 15 is 0 Å². The van der Waals surface area contributed by atoms with E-state index in [-0.39, 0.29) is 52.5 Å². The molecule has 1 aromatic rings. The molecule has 7 heteroatoms. The molecule has 43 heavy (non-hydrogen) atoms. The van der Waals surface area contributed by atoms with Crippen LogP contribution in [0.1, 0.15) is 129 Å². The summed E-state index contributed by atoms with van der Waals surface area (Å²) in [6.45, 7) is 20.6. The van der Waals surface area contributed by atoms with Gasteiger partial charge in [-0.1, -0.05) is 60.6 Å². The third-order valence-corrected chi connectivity index (χ3v) is 11.9. The van der Waals surface area contributed by atoms with Crippen molar-refractivity contribution in [2.45, 2.75) is 150 Å². The van der Waals surface area contributed by atoms with E-state index in [0.29, 0.717) is 30.4 Å². The predicted octanol–water partition coefficient (Wildman–Crippen LogP) is 7.51. The fourth-order valence-electron chi connectivity index (χ4n) is 7.96. The van der Waals surface area contributed by atoms with Gasteiger partial charge in [0.15, 0.2) is 0 Å². The molecular weight excluding hydrogens is 544 g/mol. The summed E-state index contributed by atoms with van der Waals surface area (Å²) in [5.74, 6) is -2.47. The highest BCUT2D eigenvalue weighted by Crippen LogP contribution is 2.54. The van der Waals surface area contributed by atoms with Crippen LogP contribution in [0.15, 0.2) is 12.1 Å². The van der Waals surface area contributed by atoms with Crippen LogP contribution in [-0.2, 0) is 20.7 Å². The Morgan fingerprint density at radius 2 is 1.74 bits per heavy atom. The Hall–Kier alpha value is -1.96. The standard InChI is InChI=1S/C36H58O7/c1-11-27(35(10)23(6)20-36(13-3,43-35)28-18-19-34(9,12-2)25(8)42-28)32(39)24(7)30(37)21(4)14-16-26-17-15-22(5)31(38)29(26)33(40)41/h15,17,21,23-25,27-28,30,37-38H,11-14,16,18-20H2,1-10H3,(H,40,41)/t21-,23+,24+,25-,27+,28-,30+,34?,35+,36+/m1/s1. The zero-order valence-electron chi connectivity index (χ0n) is 28.3. The number of aryl methyl sites for hydroxylation is 2. The van der Waals surface area contributed by atoms with Crippen LogP contribution in [0.3, 0.4) is 0 Å². The van der Waals surface area contributed by atoms with Crippen molar-refractivity contribution in [3.63, 3.8) is 0 Å². The first kappa shape index (κ1) is 35.5. The van der Waals surface area contributed by atoms with Crippen molar-refractivity contribution in [2.24, 2.45) is 29.1 Å². The first-order valence-electron chi connectivity index (χ1n) is 16.6. The number of carbonyl (C=O) groups is 2. The van der Waals surface area contributed by atoms with Gasteiger partial charge in [-0.25, -0.2) is 4.79 Å². The minimum absolute atomic E-state index is 0.0102. The Labute approximate surface area is 259 Å². The number of Topliss-reactive ketones (excluding diaryl/α,β-unsaturated/α-hetero) is 1. The summed E-state index contributed by atoms with van der Waals surface area (Å²) in [6, 6.07) is 3.43. The van der Waals surface area contributed by atoms with Gasteiger partial charge in [-0.15, -0.1) is 0 Å². The van der Waals surface area contributed by atoms with Crippen LogP contribution in [-0.4, -0.2) is 56.6 Å². The zero-order valence-corrected chi connectivity index (χ0v) is 28.3. The van der Waals surface area contributed by atoms with Crippen LogP contribution in [0.4, 0.5) is 0 Å². The number of phenols is 1. The first-order valence-corrected chi connectivity index (χ1v) is 16.6. The monoisotopic (exact) mass is 602 g/mol. The molecule has 2 heterocycles. The molecule has 0 aliphatic carbocycles. The van der Waals surface area contributed by atoms with Crippen molar-refractivity contribution in [3.8, 4) is 5.75 Å². The summed E-state index contributed by atoms with van der Waals surface area (Å²) in [5, 5.41) is 31.3. The molecule has 10 atom stereocenters. The molecule has 0 bridgehead atoms. The van der Waals surface area contributed by atoms with E-state index < -0.39 is 29.2 Å². The molecule has 2 fully saturated rings. The largest absolute Gasteiger partial charge is 0.507 e. The number of aromatic hydroxyl groups is 1. The summed E-state index contributed by atoms with van der Waals surface area (Å²) in [6.07, 6.45) is 5.50. The molecule has 2 saturated heterocycles. The van der Waals surface area contributed by atoms with Crippen LogP contribution in [0.2, 0.25) is 0 Å². The molecule has 1 aromatic carbocycles. The maximum Gasteiger partial charge on any atom is 0.339 e. The molecule has 2 aliphatic rings. The number of ketones is 1. The molecule has 7 nitrogen and oxygen atoms in total. The molecule has 0 saturated carbocycles. The number of aliphatic hydroxyl groups excluding tert-OH is 1. The highest BCUT2D eigenvalue weighted by Gasteiger charge is 2.60. The van der Waals surface area contributed by atoms with Crippen LogP contribution >= 0.6 is 0 Å². The number of ether oxygens (including phenoxy) is 2.